The number of hydrogen-bond donors (Lipinski definition) is 0. The van der Waals surface area contributed by atoms with Gasteiger partial charge in [-0.2, -0.15) is 0 Å². The second-order valence-corrected chi connectivity index (χ2v) is 8.82. The van der Waals surface area contributed by atoms with Gasteiger partial charge in [0, 0.05) is 36.4 Å². The van der Waals surface area contributed by atoms with Crippen molar-refractivity contribution < 1.29 is 9.53 Å². The number of carbonyl (C=O) groups is 1. The standard InChI is InChI=1S/C22H29NO2/c1-25-20-7-3-6-16-12-19-18-9-8-17(24)13-22(18,21(16)20)10-11-23(19)14-15-4-2-5-15/h3,6-7,15,18-19H,2,4-5,8-14H2,1H3/t18-,19+,22-/m0/s1. The number of nitrogens with zero attached hydrogens (tertiary/aromatic N) is 1. The molecule has 2 bridgehead atoms. The van der Waals surface area contributed by atoms with Crippen molar-refractivity contribution >= 4 is 5.78 Å². The van der Waals surface area contributed by atoms with E-state index in [0.717, 1.165) is 50.3 Å². The third-order valence-electron chi connectivity index (χ3n) is 7.71. The minimum absolute atomic E-state index is 0.0380. The Labute approximate surface area is 150 Å². The number of carbonyl (C=O) groups excluding carboxylic acids is 1. The van der Waals surface area contributed by atoms with E-state index in [4.69, 9.17) is 4.74 Å². The molecule has 5 rings (SSSR count). The van der Waals surface area contributed by atoms with Gasteiger partial charge in [-0.25, -0.2) is 0 Å². The van der Waals surface area contributed by atoms with Crippen LogP contribution in [0.3, 0.4) is 0 Å². The molecular weight excluding hydrogens is 310 g/mol. The Hall–Kier alpha value is -1.35. The van der Waals surface area contributed by atoms with Gasteiger partial charge in [0.15, 0.2) is 0 Å². The molecule has 134 valence electrons. The fourth-order valence-corrected chi connectivity index (χ4v) is 6.37. The van der Waals surface area contributed by atoms with Crippen molar-refractivity contribution in [2.45, 2.75) is 62.8 Å². The van der Waals surface area contributed by atoms with Crippen LogP contribution in [0.2, 0.25) is 0 Å². The number of hydrogen-bond acceptors (Lipinski definition) is 3. The number of rotatable bonds is 3. The predicted octanol–water partition coefficient (Wildman–Crippen LogP) is 3.73. The van der Waals surface area contributed by atoms with Crippen molar-refractivity contribution in [2.75, 3.05) is 20.2 Å². The third kappa shape index (κ3) is 2.31. The highest BCUT2D eigenvalue weighted by Crippen LogP contribution is 2.57. The molecule has 1 aromatic carbocycles. The van der Waals surface area contributed by atoms with Crippen molar-refractivity contribution in [1.29, 1.82) is 0 Å². The monoisotopic (exact) mass is 339 g/mol. The van der Waals surface area contributed by atoms with Crippen LogP contribution in [0.4, 0.5) is 0 Å². The van der Waals surface area contributed by atoms with Crippen LogP contribution in [-0.2, 0) is 16.6 Å². The van der Waals surface area contributed by atoms with Gasteiger partial charge in [0.1, 0.15) is 11.5 Å². The van der Waals surface area contributed by atoms with Crippen LogP contribution in [0.15, 0.2) is 18.2 Å². The highest BCUT2D eigenvalue weighted by atomic mass is 16.5. The summed E-state index contributed by atoms with van der Waals surface area (Å²) in [5, 5.41) is 0. The van der Waals surface area contributed by atoms with E-state index >= 15 is 0 Å². The van der Waals surface area contributed by atoms with Crippen molar-refractivity contribution in [1.82, 2.24) is 4.90 Å². The molecule has 1 heterocycles. The highest BCUT2D eigenvalue weighted by molar-refractivity contribution is 5.82. The van der Waals surface area contributed by atoms with Crippen LogP contribution in [0.1, 0.15) is 56.1 Å². The summed E-state index contributed by atoms with van der Waals surface area (Å²) in [5.74, 6) is 3.02. The molecule has 3 atom stereocenters. The average Bonchev–Trinajstić information content (AvgIpc) is 2.58. The largest absolute Gasteiger partial charge is 0.496 e. The van der Waals surface area contributed by atoms with Gasteiger partial charge < -0.3 is 4.74 Å². The van der Waals surface area contributed by atoms with Gasteiger partial charge in [0.25, 0.3) is 0 Å². The zero-order valence-corrected chi connectivity index (χ0v) is 15.3. The number of methoxy groups -OCH3 is 1. The molecule has 0 amide bonds. The first-order chi connectivity index (χ1) is 12.2. The first kappa shape index (κ1) is 15.9. The molecule has 2 saturated carbocycles. The molecule has 3 heteroatoms. The Bertz CT molecular complexity index is 695. The van der Waals surface area contributed by atoms with Crippen LogP contribution in [0, 0.1) is 11.8 Å². The fraction of sp³-hybridized carbons (Fsp3) is 0.682. The van der Waals surface area contributed by atoms with Crippen LogP contribution >= 0.6 is 0 Å². The van der Waals surface area contributed by atoms with Gasteiger partial charge in [0.2, 0.25) is 0 Å². The highest BCUT2D eigenvalue weighted by Gasteiger charge is 2.56. The summed E-state index contributed by atoms with van der Waals surface area (Å²) in [7, 11) is 1.78. The minimum atomic E-state index is 0.0380. The van der Waals surface area contributed by atoms with Crippen LogP contribution in [0.25, 0.3) is 0 Å². The summed E-state index contributed by atoms with van der Waals surface area (Å²) in [6.07, 6.45) is 9.11. The molecule has 3 fully saturated rings. The summed E-state index contributed by atoms with van der Waals surface area (Å²) in [5.41, 5.74) is 2.86. The lowest BCUT2D eigenvalue weighted by Crippen LogP contribution is -2.62. The number of ketones is 1. The SMILES string of the molecule is COc1cccc2c1[C@]13CCN(CC4CCC4)[C@H](C2)[C@@H]1CCC(=O)C3. The van der Waals surface area contributed by atoms with Gasteiger partial charge in [-0.15, -0.1) is 0 Å². The molecule has 25 heavy (non-hydrogen) atoms. The molecule has 0 radical (unpaired) electrons. The molecule has 0 aromatic heterocycles. The van der Waals surface area contributed by atoms with E-state index in [1.165, 1.54) is 36.9 Å². The molecule has 3 nitrogen and oxygen atoms in total. The fourth-order valence-electron chi connectivity index (χ4n) is 6.37. The van der Waals surface area contributed by atoms with E-state index in [0.29, 0.717) is 17.7 Å². The van der Waals surface area contributed by atoms with E-state index in [1.807, 2.05) is 0 Å². The zero-order chi connectivity index (χ0) is 17.0. The van der Waals surface area contributed by atoms with Gasteiger partial charge >= 0.3 is 0 Å². The molecule has 1 aliphatic heterocycles. The van der Waals surface area contributed by atoms with Crippen LogP contribution in [0.5, 0.6) is 5.75 Å². The zero-order valence-electron chi connectivity index (χ0n) is 15.3. The maximum atomic E-state index is 12.5. The van der Waals surface area contributed by atoms with Crippen molar-refractivity contribution in [3.05, 3.63) is 29.3 Å². The Balaban J connectivity index is 1.58. The smallest absolute Gasteiger partial charge is 0.133 e. The van der Waals surface area contributed by atoms with Crippen LogP contribution in [-0.4, -0.2) is 36.9 Å². The first-order valence-corrected chi connectivity index (χ1v) is 10.1. The van der Waals surface area contributed by atoms with E-state index in [-0.39, 0.29) is 5.41 Å². The first-order valence-electron chi connectivity index (χ1n) is 10.1. The van der Waals surface area contributed by atoms with Crippen molar-refractivity contribution in [3.8, 4) is 5.75 Å². The number of ether oxygens (including phenoxy) is 1. The summed E-state index contributed by atoms with van der Waals surface area (Å²) in [4.78, 5) is 15.3. The lowest BCUT2D eigenvalue weighted by atomic mass is 9.52. The van der Waals surface area contributed by atoms with Gasteiger partial charge in [-0.1, -0.05) is 18.6 Å². The number of likely N-dealkylation sites (tertiary alicyclic amines) is 1. The van der Waals surface area contributed by atoms with Crippen LogP contribution < -0.4 is 4.74 Å². The lowest BCUT2D eigenvalue weighted by molar-refractivity contribution is -0.127. The molecule has 1 saturated heterocycles. The van der Waals surface area contributed by atoms with E-state index in [9.17, 15) is 4.79 Å². The molecule has 0 spiro atoms. The number of Topliss-reactive ketones (excluding diaryl/α,β-unsaturated/α-hetero) is 1. The quantitative estimate of drug-likeness (QED) is 0.840. The number of benzene rings is 1. The number of fused-ring (bicyclic) bond motifs is 1. The molecular formula is C22H29NO2. The number of piperidine rings is 1. The maximum absolute atomic E-state index is 12.5. The Morgan fingerprint density at radius 3 is 2.92 bits per heavy atom. The Morgan fingerprint density at radius 2 is 2.16 bits per heavy atom. The topological polar surface area (TPSA) is 29.5 Å². The van der Waals surface area contributed by atoms with E-state index in [1.54, 1.807) is 7.11 Å². The second kappa shape index (κ2) is 5.84. The molecule has 1 aromatic rings. The summed E-state index contributed by atoms with van der Waals surface area (Å²) >= 11 is 0. The van der Waals surface area contributed by atoms with E-state index < -0.39 is 0 Å². The predicted molar refractivity (Wildman–Crippen MR) is 98.0 cm³/mol. The summed E-state index contributed by atoms with van der Waals surface area (Å²) in [6.45, 7) is 2.44. The van der Waals surface area contributed by atoms with Gasteiger partial charge in [-0.3, -0.25) is 9.69 Å². The van der Waals surface area contributed by atoms with Gasteiger partial charge in [0.05, 0.1) is 7.11 Å². The average molecular weight is 339 g/mol. The lowest BCUT2D eigenvalue weighted by Gasteiger charge is -2.59. The maximum Gasteiger partial charge on any atom is 0.133 e. The summed E-state index contributed by atoms with van der Waals surface area (Å²) in [6, 6.07) is 7.15. The second-order valence-electron chi connectivity index (χ2n) is 8.82. The minimum Gasteiger partial charge on any atom is -0.496 e. The molecule has 3 aliphatic carbocycles. The van der Waals surface area contributed by atoms with Crippen molar-refractivity contribution in [3.63, 3.8) is 0 Å². The van der Waals surface area contributed by atoms with Gasteiger partial charge in [-0.05, 0) is 62.1 Å². The Kier molecular flexibility index (Phi) is 3.70. The normalized spacial score (nSPS) is 34.8. The molecule has 4 aliphatic rings. The van der Waals surface area contributed by atoms with E-state index in [2.05, 4.69) is 23.1 Å². The molecule has 0 unspecified atom stereocenters. The third-order valence-corrected chi connectivity index (χ3v) is 7.71. The Morgan fingerprint density at radius 1 is 1.28 bits per heavy atom. The summed E-state index contributed by atoms with van der Waals surface area (Å²) < 4.78 is 5.78. The molecule has 0 N–H and O–H groups in total. The van der Waals surface area contributed by atoms with Crippen molar-refractivity contribution in [2.24, 2.45) is 11.8 Å².